The summed E-state index contributed by atoms with van der Waals surface area (Å²) < 4.78 is 0. The molecule has 0 radical (unpaired) electrons. The average Bonchev–Trinajstić information content (AvgIpc) is 2.42. The van der Waals surface area contributed by atoms with Gasteiger partial charge in [0.2, 0.25) is 0 Å². The Bertz CT molecular complexity index is 431. The number of hydrogen-bond donors (Lipinski definition) is 2. The van der Waals surface area contributed by atoms with Crippen LogP contribution in [0.4, 0.5) is 5.82 Å². The number of aromatic nitrogens is 4. The smallest absolute Gasteiger partial charge is 0.172 e. The molecule has 0 aliphatic carbocycles. The second-order valence-corrected chi connectivity index (χ2v) is 2.73. The molecule has 5 nitrogen and oxygen atoms in total. The zero-order valence-electron chi connectivity index (χ0n) is 6.92. The predicted octanol–water partition coefficient (Wildman–Crippen LogP) is 0.552. The molecule has 62 valence electrons. The Kier molecular flexibility index (Phi) is 1.27. The Hall–Kier alpha value is -1.65. The number of rotatable bonds is 0. The number of aromatic amines is 1. The van der Waals surface area contributed by atoms with Crippen molar-refractivity contribution in [3.05, 3.63) is 11.4 Å². The third-order valence-electron chi connectivity index (χ3n) is 1.87. The van der Waals surface area contributed by atoms with E-state index in [-0.39, 0.29) is 0 Å². The SMILES string of the molecule is Cc1nnc(N)c2[nH]nc(C)c12. The molecule has 2 aromatic rings. The highest BCUT2D eigenvalue weighted by Crippen LogP contribution is 2.20. The molecule has 5 heteroatoms. The molecule has 12 heavy (non-hydrogen) atoms. The van der Waals surface area contributed by atoms with Gasteiger partial charge in [-0.3, -0.25) is 5.10 Å². The van der Waals surface area contributed by atoms with E-state index in [4.69, 9.17) is 5.73 Å². The molecule has 0 aromatic carbocycles. The van der Waals surface area contributed by atoms with Crippen molar-refractivity contribution in [2.75, 3.05) is 5.73 Å². The molecule has 2 aromatic heterocycles. The van der Waals surface area contributed by atoms with E-state index in [1.54, 1.807) is 0 Å². The van der Waals surface area contributed by atoms with Crippen molar-refractivity contribution in [2.45, 2.75) is 13.8 Å². The van der Waals surface area contributed by atoms with Gasteiger partial charge in [-0.05, 0) is 13.8 Å². The second-order valence-electron chi connectivity index (χ2n) is 2.73. The molecule has 0 bridgehead atoms. The zero-order valence-corrected chi connectivity index (χ0v) is 6.92. The number of nitrogen functional groups attached to an aromatic ring is 1. The summed E-state index contributed by atoms with van der Waals surface area (Å²) in [5.74, 6) is 0.399. The van der Waals surface area contributed by atoms with Gasteiger partial charge in [0.15, 0.2) is 5.82 Å². The van der Waals surface area contributed by atoms with Crippen molar-refractivity contribution < 1.29 is 0 Å². The third kappa shape index (κ3) is 0.761. The number of H-pyrrole nitrogens is 1. The lowest BCUT2D eigenvalue weighted by atomic mass is 10.2. The van der Waals surface area contributed by atoms with Crippen LogP contribution >= 0.6 is 0 Å². The second kappa shape index (κ2) is 2.17. The molecule has 0 spiro atoms. The van der Waals surface area contributed by atoms with Crippen LogP contribution in [-0.4, -0.2) is 20.4 Å². The highest BCUT2D eigenvalue weighted by molar-refractivity contribution is 5.90. The van der Waals surface area contributed by atoms with E-state index in [2.05, 4.69) is 20.4 Å². The molecule has 2 heterocycles. The molecule has 0 saturated heterocycles. The fourth-order valence-electron chi connectivity index (χ4n) is 1.29. The summed E-state index contributed by atoms with van der Waals surface area (Å²) in [6.07, 6.45) is 0. The minimum atomic E-state index is 0.399. The lowest BCUT2D eigenvalue weighted by Gasteiger charge is -1.96. The van der Waals surface area contributed by atoms with Crippen LogP contribution < -0.4 is 5.73 Å². The number of anilines is 1. The Labute approximate surface area is 69.0 Å². The van der Waals surface area contributed by atoms with Crippen molar-refractivity contribution in [1.82, 2.24) is 20.4 Å². The number of hydrogen-bond acceptors (Lipinski definition) is 4. The number of nitrogens with zero attached hydrogens (tertiary/aromatic N) is 3. The minimum Gasteiger partial charge on any atom is -0.380 e. The van der Waals surface area contributed by atoms with Crippen LogP contribution in [0.25, 0.3) is 10.9 Å². The van der Waals surface area contributed by atoms with Gasteiger partial charge in [-0.15, -0.1) is 5.10 Å². The number of nitrogens with one attached hydrogen (secondary N) is 1. The molecule has 3 N–H and O–H groups in total. The first kappa shape index (κ1) is 7.02. The first-order valence-corrected chi connectivity index (χ1v) is 3.63. The quantitative estimate of drug-likeness (QED) is 0.594. The van der Waals surface area contributed by atoms with Crippen molar-refractivity contribution in [1.29, 1.82) is 0 Å². The van der Waals surface area contributed by atoms with Crippen LogP contribution in [0, 0.1) is 13.8 Å². The van der Waals surface area contributed by atoms with Gasteiger partial charge < -0.3 is 5.73 Å². The summed E-state index contributed by atoms with van der Waals surface area (Å²) in [7, 11) is 0. The fraction of sp³-hybridized carbons (Fsp3) is 0.286. The topological polar surface area (TPSA) is 80.5 Å². The Morgan fingerprint density at radius 2 is 1.92 bits per heavy atom. The lowest BCUT2D eigenvalue weighted by molar-refractivity contribution is 1.01. The Morgan fingerprint density at radius 3 is 2.58 bits per heavy atom. The third-order valence-corrected chi connectivity index (χ3v) is 1.87. The van der Waals surface area contributed by atoms with E-state index in [9.17, 15) is 0 Å². The first-order chi connectivity index (χ1) is 5.70. The van der Waals surface area contributed by atoms with Gasteiger partial charge in [0.05, 0.1) is 11.4 Å². The largest absolute Gasteiger partial charge is 0.380 e. The number of nitrogens with two attached hydrogens (primary N) is 1. The van der Waals surface area contributed by atoms with Gasteiger partial charge >= 0.3 is 0 Å². The van der Waals surface area contributed by atoms with Crippen LogP contribution in [0.2, 0.25) is 0 Å². The Morgan fingerprint density at radius 1 is 1.17 bits per heavy atom. The minimum absolute atomic E-state index is 0.399. The maximum absolute atomic E-state index is 5.59. The number of fused-ring (bicyclic) bond motifs is 1. The van der Waals surface area contributed by atoms with Crippen molar-refractivity contribution in [3.8, 4) is 0 Å². The molecule has 0 saturated carbocycles. The molecule has 0 aliphatic rings. The summed E-state index contributed by atoms with van der Waals surface area (Å²) in [6.45, 7) is 3.80. The van der Waals surface area contributed by atoms with Gasteiger partial charge in [0, 0.05) is 5.39 Å². The van der Waals surface area contributed by atoms with E-state index in [1.807, 2.05) is 13.8 Å². The normalized spacial score (nSPS) is 10.8. The zero-order chi connectivity index (χ0) is 8.72. The maximum Gasteiger partial charge on any atom is 0.172 e. The summed E-state index contributed by atoms with van der Waals surface area (Å²) >= 11 is 0. The lowest BCUT2D eigenvalue weighted by Crippen LogP contribution is -1.96. The van der Waals surface area contributed by atoms with Gasteiger partial charge in [0.1, 0.15) is 5.52 Å². The molecular formula is C7H9N5. The van der Waals surface area contributed by atoms with E-state index < -0.39 is 0 Å². The molecule has 0 amide bonds. The molecule has 0 aliphatic heterocycles. The van der Waals surface area contributed by atoms with Crippen molar-refractivity contribution >= 4 is 16.7 Å². The van der Waals surface area contributed by atoms with Crippen molar-refractivity contribution in [3.63, 3.8) is 0 Å². The summed E-state index contributed by atoms with van der Waals surface area (Å²) in [4.78, 5) is 0. The monoisotopic (exact) mass is 163 g/mol. The molecule has 2 rings (SSSR count). The van der Waals surface area contributed by atoms with Crippen LogP contribution in [0.3, 0.4) is 0 Å². The van der Waals surface area contributed by atoms with Crippen LogP contribution in [-0.2, 0) is 0 Å². The molecule has 0 unspecified atom stereocenters. The first-order valence-electron chi connectivity index (χ1n) is 3.63. The van der Waals surface area contributed by atoms with Gasteiger partial charge in [-0.25, -0.2) is 0 Å². The van der Waals surface area contributed by atoms with Crippen molar-refractivity contribution in [2.24, 2.45) is 0 Å². The predicted molar refractivity (Wildman–Crippen MR) is 45.6 cm³/mol. The number of aryl methyl sites for hydroxylation is 2. The summed E-state index contributed by atoms with van der Waals surface area (Å²) in [5, 5.41) is 15.5. The Balaban J connectivity index is 2.98. The fourth-order valence-corrected chi connectivity index (χ4v) is 1.29. The highest BCUT2D eigenvalue weighted by Gasteiger charge is 2.08. The van der Waals surface area contributed by atoms with E-state index in [0.29, 0.717) is 5.82 Å². The van der Waals surface area contributed by atoms with Crippen LogP contribution in [0.15, 0.2) is 0 Å². The van der Waals surface area contributed by atoms with E-state index in [0.717, 1.165) is 22.3 Å². The van der Waals surface area contributed by atoms with Crippen LogP contribution in [0.5, 0.6) is 0 Å². The molecular weight excluding hydrogens is 154 g/mol. The molecule has 0 fully saturated rings. The standard InChI is InChI=1S/C7H9N5/c1-3-5-4(2)10-12-7(8)6(5)11-9-3/h1-2H3,(H2,8,12)(H,9,11). The van der Waals surface area contributed by atoms with Gasteiger partial charge in [-0.2, -0.15) is 10.2 Å². The van der Waals surface area contributed by atoms with Gasteiger partial charge in [-0.1, -0.05) is 0 Å². The highest BCUT2D eigenvalue weighted by atomic mass is 15.2. The van der Waals surface area contributed by atoms with Crippen LogP contribution in [0.1, 0.15) is 11.4 Å². The van der Waals surface area contributed by atoms with Gasteiger partial charge in [0.25, 0.3) is 0 Å². The van der Waals surface area contributed by atoms with E-state index >= 15 is 0 Å². The summed E-state index contributed by atoms with van der Waals surface area (Å²) in [5.41, 5.74) is 8.13. The maximum atomic E-state index is 5.59. The average molecular weight is 163 g/mol. The van der Waals surface area contributed by atoms with E-state index in [1.165, 1.54) is 0 Å². The summed E-state index contributed by atoms with van der Waals surface area (Å²) in [6, 6.07) is 0. The molecule has 0 atom stereocenters.